The van der Waals surface area contributed by atoms with Gasteiger partial charge in [0.05, 0.1) is 11.8 Å². The van der Waals surface area contributed by atoms with Crippen molar-refractivity contribution in [2.75, 3.05) is 24.7 Å². The second-order valence-electron chi connectivity index (χ2n) is 4.37. The molecule has 1 aliphatic rings. The summed E-state index contributed by atoms with van der Waals surface area (Å²) in [6.07, 6.45) is 3.24. The largest absolute Gasteiger partial charge is 0.391 e. The van der Waals surface area contributed by atoms with Crippen molar-refractivity contribution in [3.63, 3.8) is 0 Å². The number of amides is 2. The summed E-state index contributed by atoms with van der Waals surface area (Å²) in [4.78, 5) is 14.8. The maximum atomic E-state index is 12.1. The summed E-state index contributed by atoms with van der Waals surface area (Å²) < 4.78 is 0. The van der Waals surface area contributed by atoms with Crippen LogP contribution in [0.3, 0.4) is 0 Å². The number of carbonyl (C=O) groups excluding carboxylic acids is 1. The molecule has 1 heterocycles. The highest BCUT2D eigenvalue weighted by Gasteiger charge is 2.22. The lowest BCUT2D eigenvalue weighted by Gasteiger charge is -2.30. The Balaban J connectivity index is 2.02. The molecule has 1 saturated heterocycles. The Kier molecular flexibility index (Phi) is 4.49. The summed E-state index contributed by atoms with van der Waals surface area (Å²) in [7, 11) is 0. The molecule has 0 spiro atoms. The predicted octanol–water partition coefficient (Wildman–Crippen LogP) is 2.40. The number of carbonyl (C=O) groups is 1. The number of para-hydroxylation sites is 1. The van der Waals surface area contributed by atoms with E-state index in [1.54, 1.807) is 16.7 Å². The first-order valence-corrected chi connectivity index (χ1v) is 7.30. The summed E-state index contributed by atoms with van der Waals surface area (Å²) in [6.45, 7) is 1.14. The van der Waals surface area contributed by atoms with Gasteiger partial charge in [-0.2, -0.15) is 0 Å². The first-order chi connectivity index (χ1) is 8.70. The highest BCUT2D eigenvalue weighted by atomic mass is 32.2. The molecule has 2 N–H and O–H groups in total. The number of nitrogens with zero attached hydrogens (tertiary/aromatic N) is 1. The van der Waals surface area contributed by atoms with Gasteiger partial charge in [0.15, 0.2) is 0 Å². The molecule has 1 fully saturated rings. The molecule has 2 rings (SSSR count). The second-order valence-corrected chi connectivity index (χ2v) is 5.22. The maximum Gasteiger partial charge on any atom is 0.321 e. The zero-order valence-corrected chi connectivity index (χ0v) is 11.2. The number of β-amino-alcohol motifs (C(OH)–C–C–N with tert-alkyl or cyclic N) is 1. The van der Waals surface area contributed by atoms with Crippen molar-refractivity contribution in [2.24, 2.45) is 0 Å². The monoisotopic (exact) mass is 266 g/mol. The van der Waals surface area contributed by atoms with Crippen molar-refractivity contribution in [2.45, 2.75) is 23.8 Å². The number of hydrogen-bond donors (Lipinski definition) is 2. The number of aliphatic hydroxyl groups is 1. The minimum atomic E-state index is -0.389. The normalized spacial score (nSPS) is 19.7. The van der Waals surface area contributed by atoms with Gasteiger partial charge in [0.1, 0.15) is 0 Å². The van der Waals surface area contributed by atoms with Gasteiger partial charge in [-0.15, -0.1) is 11.8 Å². The number of nitrogens with one attached hydrogen (secondary N) is 1. The summed E-state index contributed by atoms with van der Waals surface area (Å²) in [5.74, 6) is 0. The van der Waals surface area contributed by atoms with Crippen LogP contribution in [0.15, 0.2) is 29.2 Å². The van der Waals surface area contributed by atoms with Crippen LogP contribution in [-0.4, -0.2) is 41.5 Å². The van der Waals surface area contributed by atoms with Crippen LogP contribution in [0.25, 0.3) is 0 Å². The van der Waals surface area contributed by atoms with E-state index in [9.17, 15) is 9.90 Å². The quantitative estimate of drug-likeness (QED) is 0.808. The first kappa shape index (κ1) is 13.2. The Morgan fingerprint density at radius 3 is 3.00 bits per heavy atom. The molecular formula is C13H18N2O2S. The minimum Gasteiger partial charge on any atom is -0.391 e. The number of hydrogen-bond acceptors (Lipinski definition) is 3. The molecule has 18 heavy (non-hydrogen) atoms. The predicted molar refractivity (Wildman–Crippen MR) is 74.1 cm³/mol. The molecule has 0 radical (unpaired) electrons. The third-order valence-electron chi connectivity index (χ3n) is 3.03. The molecule has 5 heteroatoms. The molecule has 0 saturated carbocycles. The van der Waals surface area contributed by atoms with Gasteiger partial charge < -0.3 is 15.3 Å². The van der Waals surface area contributed by atoms with Gasteiger partial charge in [-0.3, -0.25) is 0 Å². The Morgan fingerprint density at radius 1 is 1.50 bits per heavy atom. The average Bonchev–Trinajstić information content (AvgIpc) is 2.39. The Labute approximate surface area is 111 Å². The lowest BCUT2D eigenvalue weighted by atomic mass is 10.1. The van der Waals surface area contributed by atoms with Crippen LogP contribution in [0.1, 0.15) is 12.8 Å². The van der Waals surface area contributed by atoms with Gasteiger partial charge in [-0.05, 0) is 31.2 Å². The molecular weight excluding hydrogens is 248 g/mol. The lowest BCUT2D eigenvalue weighted by Crippen LogP contribution is -2.44. The number of piperidine rings is 1. The zero-order valence-electron chi connectivity index (χ0n) is 10.4. The smallest absolute Gasteiger partial charge is 0.321 e. The van der Waals surface area contributed by atoms with Crippen LogP contribution < -0.4 is 5.32 Å². The lowest BCUT2D eigenvalue weighted by molar-refractivity contribution is 0.0883. The third kappa shape index (κ3) is 3.17. The Morgan fingerprint density at radius 2 is 2.28 bits per heavy atom. The summed E-state index contributed by atoms with van der Waals surface area (Å²) >= 11 is 1.60. The van der Waals surface area contributed by atoms with Crippen LogP contribution in [-0.2, 0) is 0 Å². The van der Waals surface area contributed by atoms with E-state index in [4.69, 9.17) is 0 Å². The van der Waals surface area contributed by atoms with Crippen molar-refractivity contribution < 1.29 is 9.90 Å². The average molecular weight is 266 g/mol. The molecule has 1 unspecified atom stereocenters. The number of thioether (sulfide) groups is 1. The van der Waals surface area contributed by atoms with E-state index >= 15 is 0 Å². The van der Waals surface area contributed by atoms with Gasteiger partial charge in [-0.1, -0.05) is 12.1 Å². The van der Waals surface area contributed by atoms with Crippen LogP contribution in [0.4, 0.5) is 10.5 Å². The second kappa shape index (κ2) is 6.11. The number of benzene rings is 1. The van der Waals surface area contributed by atoms with E-state index in [0.717, 1.165) is 23.4 Å². The number of anilines is 1. The van der Waals surface area contributed by atoms with Crippen LogP contribution in [0.5, 0.6) is 0 Å². The molecule has 2 amide bonds. The first-order valence-electron chi connectivity index (χ1n) is 6.07. The molecule has 0 aromatic heterocycles. The summed E-state index contributed by atoms with van der Waals surface area (Å²) in [5, 5.41) is 12.5. The molecule has 98 valence electrons. The van der Waals surface area contributed by atoms with Gasteiger partial charge >= 0.3 is 6.03 Å². The standard InChI is InChI=1S/C13H18N2O2S/c1-18-12-7-3-2-6-11(12)14-13(17)15-8-4-5-10(16)9-15/h2-3,6-7,10,16H,4-5,8-9H2,1H3,(H,14,17). The molecule has 1 aliphatic heterocycles. The Hall–Kier alpha value is -1.20. The number of likely N-dealkylation sites (tertiary alicyclic amines) is 1. The number of aliphatic hydroxyl groups excluding tert-OH is 1. The molecule has 0 aliphatic carbocycles. The molecule has 1 aromatic carbocycles. The Bertz CT molecular complexity index is 425. The maximum absolute atomic E-state index is 12.1. The highest BCUT2D eigenvalue weighted by Crippen LogP contribution is 2.25. The fourth-order valence-corrected chi connectivity index (χ4v) is 2.64. The van der Waals surface area contributed by atoms with Crippen LogP contribution in [0.2, 0.25) is 0 Å². The number of rotatable bonds is 2. The van der Waals surface area contributed by atoms with Crippen molar-refractivity contribution in [3.8, 4) is 0 Å². The fourth-order valence-electron chi connectivity index (χ4n) is 2.08. The molecule has 1 atom stereocenters. The van der Waals surface area contributed by atoms with Crippen LogP contribution in [0, 0.1) is 0 Å². The summed E-state index contributed by atoms with van der Waals surface area (Å²) in [6, 6.07) is 7.59. The minimum absolute atomic E-state index is 0.129. The van der Waals surface area contributed by atoms with Gasteiger partial charge in [-0.25, -0.2) is 4.79 Å². The molecule has 4 nitrogen and oxygen atoms in total. The SMILES string of the molecule is CSc1ccccc1NC(=O)N1CCCC(O)C1. The van der Waals surface area contributed by atoms with E-state index in [1.165, 1.54) is 0 Å². The third-order valence-corrected chi connectivity index (χ3v) is 3.83. The number of urea groups is 1. The van der Waals surface area contributed by atoms with Crippen molar-refractivity contribution in [1.82, 2.24) is 4.90 Å². The molecule has 1 aromatic rings. The zero-order chi connectivity index (χ0) is 13.0. The van der Waals surface area contributed by atoms with Crippen molar-refractivity contribution in [3.05, 3.63) is 24.3 Å². The topological polar surface area (TPSA) is 52.6 Å². The van der Waals surface area contributed by atoms with E-state index in [0.29, 0.717) is 13.1 Å². The van der Waals surface area contributed by atoms with Gasteiger partial charge in [0.25, 0.3) is 0 Å². The molecule has 0 bridgehead atoms. The van der Waals surface area contributed by atoms with E-state index in [1.807, 2.05) is 30.5 Å². The summed E-state index contributed by atoms with van der Waals surface area (Å²) in [5.41, 5.74) is 0.829. The van der Waals surface area contributed by atoms with E-state index in [2.05, 4.69) is 5.32 Å². The van der Waals surface area contributed by atoms with Crippen LogP contribution >= 0.6 is 11.8 Å². The van der Waals surface area contributed by atoms with Gasteiger partial charge in [0.2, 0.25) is 0 Å². The fraction of sp³-hybridized carbons (Fsp3) is 0.462. The van der Waals surface area contributed by atoms with E-state index in [-0.39, 0.29) is 12.1 Å². The van der Waals surface area contributed by atoms with E-state index < -0.39 is 0 Å². The van der Waals surface area contributed by atoms with Gasteiger partial charge in [0, 0.05) is 18.0 Å². The van der Waals surface area contributed by atoms with Crippen molar-refractivity contribution >= 4 is 23.5 Å². The highest BCUT2D eigenvalue weighted by molar-refractivity contribution is 7.98. The van der Waals surface area contributed by atoms with Crippen molar-refractivity contribution in [1.29, 1.82) is 0 Å².